The molecular weight excluding hydrogens is 208 g/mol. The third-order valence-electron chi connectivity index (χ3n) is 2.84. The molecule has 0 bridgehead atoms. The lowest BCUT2D eigenvalue weighted by atomic mass is 10.0. The Bertz CT molecular complexity index is 301. The first kappa shape index (κ1) is 12.7. The van der Waals surface area contributed by atoms with Gasteiger partial charge in [-0.05, 0) is 27.2 Å². The van der Waals surface area contributed by atoms with Crippen LogP contribution in [0, 0.1) is 11.3 Å². The minimum Gasteiger partial charge on any atom is -0.465 e. The molecule has 1 saturated carbocycles. The van der Waals surface area contributed by atoms with E-state index in [4.69, 9.17) is 9.47 Å². The Morgan fingerprint density at radius 1 is 1.25 bits per heavy atom. The Morgan fingerprint density at radius 3 is 1.94 bits per heavy atom. The average Bonchev–Trinajstić information content (AvgIpc) is 2.94. The predicted octanol–water partition coefficient (Wildman–Crippen LogP) is 1.70. The summed E-state index contributed by atoms with van der Waals surface area (Å²) in [5.41, 5.74) is -0.293. The van der Waals surface area contributed by atoms with Gasteiger partial charge in [0.05, 0.1) is 13.2 Å². The van der Waals surface area contributed by atoms with Crippen LogP contribution in [0.3, 0.4) is 0 Å². The van der Waals surface area contributed by atoms with Crippen LogP contribution >= 0.6 is 0 Å². The molecule has 16 heavy (non-hydrogen) atoms. The molecule has 0 aromatic carbocycles. The third kappa shape index (κ3) is 1.96. The van der Waals surface area contributed by atoms with E-state index in [0.29, 0.717) is 6.42 Å². The summed E-state index contributed by atoms with van der Waals surface area (Å²) in [4.78, 5) is 23.6. The van der Waals surface area contributed by atoms with Crippen LogP contribution in [-0.4, -0.2) is 25.2 Å². The Hall–Kier alpha value is -1.32. The highest BCUT2D eigenvalue weighted by atomic mass is 16.6. The van der Waals surface area contributed by atoms with Crippen molar-refractivity contribution < 1.29 is 19.1 Å². The molecule has 0 amide bonds. The molecule has 0 heterocycles. The van der Waals surface area contributed by atoms with Crippen LogP contribution in [0.1, 0.15) is 27.2 Å². The van der Waals surface area contributed by atoms with E-state index in [1.165, 1.54) is 0 Å². The Balaban J connectivity index is 2.85. The largest absolute Gasteiger partial charge is 0.465 e. The van der Waals surface area contributed by atoms with Crippen molar-refractivity contribution in [1.29, 1.82) is 0 Å². The lowest BCUT2D eigenvalue weighted by Crippen LogP contribution is -2.32. The Kier molecular flexibility index (Phi) is 3.73. The maximum absolute atomic E-state index is 11.8. The summed E-state index contributed by atoms with van der Waals surface area (Å²) in [5.74, 6) is -1.10. The van der Waals surface area contributed by atoms with Crippen molar-refractivity contribution in [3.63, 3.8) is 0 Å². The number of carbonyl (C=O) groups excluding carboxylic acids is 2. The molecule has 1 aliphatic carbocycles. The van der Waals surface area contributed by atoms with Crippen LogP contribution in [0.25, 0.3) is 0 Å². The molecule has 1 rings (SSSR count). The summed E-state index contributed by atoms with van der Waals surface area (Å²) in [6, 6.07) is 0. The number of hydrogen-bond acceptors (Lipinski definition) is 4. The molecule has 0 radical (unpaired) electrons. The highest BCUT2D eigenvalue weighted by Crippen LogP contribution is 2.57. The van der Waals surface area contributed by atoms with Gasteiger partial charge in [0.15, 0.2) is 5.41 Å². The maximum Gasteiger partial charge on any atom is 0.324 e. The maximum atomic E-state index is 11.8. The van der Waals surface area contributed by atoms with Crippen molar-refractivity contribution in [2.75, 3.05) is 13.2 Å². The van der Waals surface area contributed by atoms with Gasteiger partial charge in [0.1, 0.15) is 0 Å². The van der Waals surface area contributed by atoms with E-state index >= 15 is 0 Å². The molecule has 0 spiro atoms. The van der Waals surface area contributed by atoms with Crippen molar-refractivity contribution >= 4 is 11.9 Å². The molecule has 4 nitrogen and oxygen atoms in total. The van der Waals surface area contributed by atoms with E-state index in [9.17, 15) is 9.59 Å². The van der Waals surface area contributed by atoms with Crippen molar-refractivity contribution in [3.8, 4) is 0 Å². The molecule has 0 aromatic heterocycles. The van der Waals surface area contributed by atoms with E-state index in [0.717, 1.165) is 5.57 Å². The molecule has 1 fully saturated rings. The lowest BCUT2D eigenvalue weighted by Gasteiger charge is -2.14. The van der Waals surface area contributed by atoms with Gasteiger partial charge in [-0.25, -0.2) is 0 Å². The van der Waals surface area contributed by atoms with Crippen LogP contribution < -0.4 is 0 Å². The predicted molar refractivity (Wildman–Crippen MR) is 58.6 cm³/mol. The van der Waals surface area contributed by atoms with Gasteiger partial charge in [-0.3, -0.25) is 9.59 Å². The lowest BCUT2D eigenvalue weighted by molar-refractivity contribution is -0.164. The molecule has 0 aromatic rings. The standard InChI is InChI=1S/C12H18O4/c1-5-15-10(13)12(11(14)16-6-2)7-9(12)8(3)4/h9H,3,5-7H2,1-2,4H3/t9-/m1/s1. The number of ether oxygens (including phenoxy) is 2. The van der Waals surface area contributed by atoms with Gasteiger partial charge in [-0.2, -0.15) is 0 Å². The fraction of sp³-hybridized carbons (Fsp3) is 0.667. The molecule has 1 atom stereocenters. The second-order valence-corrected chi connectivity index (χ2v) is 4.02. The van der Waals surface area contributed by atoms with Gasteiger partial charge < -0.3 is 9.47 Å². The van der Waals surface area contributed by atoms with E-state index in [2.05, 4.69) is 6.58 Å². The summed E-state index contributed by atoms with van der Waals surface area (Å²) in [7, 11) is 0. The number of hydrogen-bond donors (Lipinski definition) is 0. The molecule has 0 N–H and O–H groups in total. The smallest absolute Gasteiger partial charge is 0.324 e. The molecule has 0 saturated heterocycles. The summed E-state index contributed by atoms with van der Waals surface area (Å²) in [6.07, 6.45) is 0.458. The van der Waals surface area contributed by atoms with Crippen molar-refractivity contribution in [2.24, 2.45) is 11.3 Å². The molecule has 0 aliphatic heterocycles. The van der Waals surface area contributed by atoms with Gasteiger partial charge in [0.2, 0.25) is 0 Å². The zero-order chi connectivity index (χ0) is 12.3. The molecular formula is C12H18O4. The monoisotopic (exact) mass is 226 g/mol. The van der Waals surface area contributed by atoms with E-state index in [1.54, 1.807) is 13.8 Å². The molecule has 90 valence electrons. The minimum atomic E-state index is -1.11. The van der Waals surface area contributed by atoms with Crippen molar-refractivity contribution in [1.82, 2.24) is 0 Å². The Morgan fingerprint density at radius 2 is 1.69 bits per heavy atom. The average molecular weight is 226 g/mol. The first-order valence-corrected chi connectivity index (χ1v) is 5.50. The van der Waals surface area contributed by atoms with E-state index < -0.39 is 17.4 Å². The van der Waals surface area contributed by atoms with Crippen LogP contribution in [0.5, 0.6) is 0 Å². The second-order valence-electron chi connectivity index (χ2n) is 4.02. The van der Waals surface area contributed by atoms with Crippen molar-refractivity contribution in [3.05, 3.63) is 12.2 Å². The molecule has 0 unspecified atom stereocenters. The third-order valence-corrected chi connectivity index (χ3v) is 2.84. The van der Waals surface area contributed by atoms with Crippen LogP contribution in [0.15, 0.2) is 12.2 Å². The summed E-state index contributed by atoms with van der Waals surface area (Å²) in [5, 5.41) is 0. The fourth-order valence-corrected chi connectivity index (χ4v) is 1.91. The van der Waals surface area contributed by atoms with Crippen LogP contribution in [0.2, 0.25) is 0 Å². The zero-order valence-corrected chi connectivity index (χ0v) is 10.0. The molecule has 4 heteroatoms. The van der Waals surface area contributed by atoms with Gasteiger partial charge in [-0.15, -0.1) is 0 Å². The van der Waals surface area contributed by atoms with Crippen LogP contribution in [-0.2, 0) is 19.1 Å². The van der Waals surface area contributed by atoms with Gasteiger partial charge in [0, 0.05) is 5.92 Å². The van der Waals surface area contributed by atoms with Gasteiger partial charge in [0.25, 0.3) is 0 Å². The number of allylic oxidation sites excluding steroid dienone is 1. The highest BCUT2D eigenvalue weighted by molar-refractivity contribution is 6.04. The summed E-state index contributed by atoms with van der Waals surface area (Å²) < 4.78 is 9.87. The number of esters is 2. The van der Waals surface area contributed by atoms with Gasteiger partial charge in [-0.1, -0.05) is 12.2 Å². The number of carbonyl (C=O) groups is 2. The summed E-state index contributed by atoms with van der Waals surface area (Å²) in [6.45, 7) is 9.56. The van der Waals surface area contributed by atoms with Crippen molar-refractivity contribution in [2.45, 2.75) is 27.2 Å². The van der Waals surface area contributed by atoms with Gasteiger partial charge >= 0.3 is 11.9 Å². The zero-order valence-electron chi connectivity index (χ0n) is 10.0. The number of rotatable bonds is 5. The van der Waals surface area contributed by atoms with Crippen LogP contribution in [0.4, 0.5) is 0 Å². The fourth-order valence-electron chi connectivity index (χ4n) is 1.91. The first-order valence-electron chi connectivity index (χ1n) is 5.50. The first-order chi connectivity index (χ1) is 7.50. The van der Waals surface area contributed by atoms with E-state index in [1.807, 2.05) is 6.92 Å². The SMILES string of the molecule is C=C(C)[C@H]1CC1(C(=O)OCC)C(=O)OCC. The second kappa shape index (κ2) is 4.68. The highest BCUT2D eigenvalue weighted by Gasteiger charge is 2.68. The van der Waals surface area contributed by atoms with E-state index in [-0.39, 0.29) is 19.1 Å². The normalized spacial score (nSPS) is 21.1. The quantitative estimate of drug-likeness (QED) is 0.406. The molecule has 1 aliphatic rings. The Labute approximate surface area is 95.6 Å². The minimum absolute atomic E-state index is 0.134. The topological polar surface area (TPSA) is 52.6 Å². The summed E-state index contributed by atoms with van der Waals surface area (Å²) >= 11 is 0.